The molecular weight excluding hydrogens is 262 g/mol. The SMILES string of the molecule is CCC(CCN)CCCN1CCN(S(C)(=O)=O)CC1. The van der Waals surface area contributed by atoms with Gasteiger partial charge in [-0.05, 0) is 38.3 Å². The molecule has 6 heteroatoms. The van der Waals surface area contributed by atoms with E-state index in [1.807, 2.05) is 0 Å². The summed E-state index contributed by atoms with van der Waals surface area (Å²) in [5, 5.41) is 0. The summed E-state index contributed by atoms with van der Waals surface area (Å²) in [5.41, 5.74) is 5.60. The van der Waals surface area contributed by atoms with Crippen LogP contribution in [-0.4, -0.2) is 63.1 Å². The molecular formula is C13H29N3O2S. The van der Waals surface area contributed by atoms with Crippen LogP contribution in [0.2, 0.25) is 0 Å². The normalized spacial score (nSPS) is 20.6. The van der Waals surface area contributed by atoms with Crippen LogP contribution in [0.3, 0.4) is 0 Å². The molecule has 1 atom stereocenters. The molecule has 1 unspecified atom stereocenters. The average molecular weight is 291 g/mol. The molecule has 5 nitrogen and oxygen atoms in total. The highest BCUT2D eigenvalue weighted by Crippen LogP contribution is 2.15. The van der Waals surface area contributed by atoms with E-state index in [2.05, 4.69) is 11.8 Å². The summed E-state index contributed by atoms with van der Waals surface area (Å²) in [7, 11) is -3.00. The average Bonchev–Trinajstić information content (AvgIpc) is 2.37. The van der Waals surface area contributed by atoms with Crippen molar-refractivity contribution in [2.45, 2.75) is 32.6 Å². The summed E-state index contributed by atoms with van der Waals surface area (Å²) in [6.07, 6.45) is 6.05. The van der Waals surface area contributed by atoms with Crippen molar-refractivity contribution >= 4 is 10.0 Å². The van der Waals surface area contributed by atoms with Crippen LogP contribution >= 0.6 is 0 Å². The zero-order chi connectivity index (χ0) is 14.3. The molecule has 114 valence electrons. The number of piperazine rings is 1. The van der Waals surface area contributed by atoms with Crippen molar-refractivity contribution in [1.29, 1.82) is 0 Å². The van der Waals surface area contributed by atoms with E-state index in [-0.39, 0.29) is 0 Å². The summed E-state index contributed by atoms with van der Waals surface area (Å²) in [4.78, 5) is 2.37. The van der Waals surface area contributed by atoms with E-state index >= 15 is 0 Å². The maximum atomic E-state index is 11.4. The summed E-state index contributed by atoms with van der Waals surface area (Å²) in [6, 6.07) is 0. The molecule has 1 heterocycles. The molecule has 1 aliphatic heterocycles. The van der Waals surface area contributed by atoms with Crippen molar-refractivity contribution in [2.24, 2.45) is 11.7 Å². The van der Waals surface area contributed by atoms with Crippen LogP contribution in [-0.2, 0) is 10.0 Å². The van der Waals surface area contributed by atoms with Crippen LogP contribution in [0.4, 0.5) is 0 Å². The van der Waals surface area contributed by atoms with Crippen LogP contribution in [0, 0.1) is 5.92 Å². The predicted molar refractivity (Wildman–Crippen MR) is 79.5 cm³/mol. The van der Waals surface area contributed by atoms with Gasteiger partial charge >= 0.3 is 0 Å². The van der Waals surface area contributed by atoms with Gasteiger partial charge in [-0.1, -0.05) is 13.3 Å². The van der Waals surface area contributed by atoms with Crippen LogP contribution in [0.1, 0.15) is 32.6 Å². The maximum absolute atomic E-state index is 11.4. The van der Waals surface area contributed by atoms with Crippen molar-refractivity contribution in [3.05, 3.63) is 0 Å². The number of sulfonamides is 1. The standard InChI is InChI=1S/C13H29N3O2S/c1-3-13(6-7-14)5-4-8-15-9-11-16(12-10-15)19(2,17)18/h13H,3-12,14H2,1-2H3. The quantitative estimate of drug-likeness (QED) is 0.715. The number of hydrogen-bond acceptors (Lipinski definition) is 4. The van der Waals surface area contributed by atoms with Crippen LogP contribution in [0.15, 0.2) is 0 Å². The lowest BCUT2D eigenvalue weighted by Crippen LogP contribution is -2.48. The Morgan fingerprint density at radius 2 is 1.79 bits per heavy atom. The van der Waals surface area contributed by atoms with Gasteiger partial charge in [0.2, 0.25) is 10.0 Å². The van der Waals surface area contributed by atoms with Gasteiger partial charge in [0.15, 0.2) is 0 Å². The Kier molecular flexibility index (Phi) is 7.28. The van der Waals surface area contributed by atoms with Crippen molar-refractivity contribution in [3.8, 4) is 0 Å². The molecule has 0 spiro atoms. The number of rotatable bonds is 8. The first kappa shape index (κ1) is 16.9. The minimum atomic E-state index is -3.00. The van der Waals surface area contributed by atoms with Crippen molar-refractivity contribution in [1.82, 2.24) is 9.21 Å². The fraction of sp³-hybridized carbons (Fsp3) is 1.00. The van der Waals surface area contributed by atoms with Gasteiger partial charge in [0, 0.05) is 26.2 Å². The minimum Gasteiger partial charge on any atom is -0.330 e. The van der Waals surface area contributed by atoms with Gasteiger partial charge in [-0.3, -0.25) is 0 Å². The first-order valence-electron chi connectivity index (χ1n) is 7.35. The lowest BCUT2D eigenvalue weighted by Gasteiger charge is -2.33. The van der Waals surface area contributed by atoms with E-state index in [4.69, 9.17) is 5.73 Å². The smallest absolute Gasteiger partial charge is 0.211 e. The lowest BCUT2D eigenvalue weighted by molar-refractivity contribution is 0.182. The second-order valence-electron chi connectivity index (χ2n) is 5.50. The molecule has 1 saturated heterocycles. The molecule has 1 aliphatic rings. The van der Waals surface area contributed by atoms with Crippen LogP contribution in [0.25, 0.3) is 0 Å². The monoisotopic (exact) mass is 291 g/mol. The third-order valence-electron chi connectivity index (χ3n) is 4.04. The Morgan fingerprint density at radius 1 is 1.16 bits per heavy atom. The topological polar surface area (TPSA) is 66.6 Å². The Bertz CT molecular complexity index is 338. The first-order valence-corrected chi connectivity index (χ1v) is 9.19. The Balaban J connectivity index is 2.19. The zero-order valence-electron chi connectivity index (χ0n) is 12.3. The summed E-state index contributed by atoms with van der Waals surface area (Å²) < 4.78 is 24.4. The molecule has 1 rings (SSSR count). The summed E-state index contributed by atoms with van der Waals surface area (Å²) >= 11 is 0. The van der Waals surface area contributed by atoms with Crippen LogP contribution in [0.5, 0.6) is 0 Å². The van der Waals surface area contributed by atoms with Gasteiger partial charge < -0.3 is 10.6 Å². The van der Waals surface area contributed by atoms with Crippen molar-refractivity contribution in [2.75, 3.05) is 45.5 Å². The van der Waals surface area contributed by atoms with Crippen LogP contribution < -0.4 is 5.73 Å². The lowest BCUT2D eigenvalue weighted by atomic mass is 9.96. The first-order chi connectivity index (χ1) is 8.97. The Hall–Kier alpha value is -0.170. The van der Waals surface area contributed by atoms with Gasteiger partial charge in [-0.15, -0.1) is 0 Å². The Morgan fingerprint density at radius 3 is 2.26 bits per heavy atom. The molecule has 1 fully saturated rings. The summed E-state index contributed by atoms with van der Waals surface area (Å²) in [5.74, 6) is 0.752. The second-order valence-corrected chi connectivity index (χ2v) is 7.48. The fourth-order valence-electron chi connectivity index (χ4n) is 2.68. The van der Waals surface area contributed by atoms with Gasteiger partial charge in [-0.25, -0.2) is 8.42 Å². The molecule has 0 bridgehead atoms. The van der Waals surface area contributed by atoms with Gasteiger partial charge in [0.1, 0.15) is 0 Å². The highest BCUT2D eigenvalue weighted by atomic mass is 32.2. The molecule has 0 aromatic heterocycles. The van der Waals surface area contributed by atoms with Gasteiger partial charge in [0.25, 0.3) is 0 Å². The van der Waals surface area contributed by atoms with E-state index in [9.17, 15) is 8.42 Å². The minimum absolute atomic E-state index is 0.638. The molecule has 0 aromatic carbocycles. The van der Waals surface area contributed by atoms with E-state index in [1.54, 1.807) is 4.31 Å². The molecule has 0 radical (unpaired) electrons. The van der Waals surface area contributed by atoms with E-state index in [0.717, 1.165) is 38.5 Å². The fourth-order valence-corrected chi connectivity index (χ4v) is 3.50. The van der Waals surface area contributed by atoms with E-state index in [1.165, 1.54) is 25.5 Å². The molecule has 0 aromatic rings. The van der Waals surface area contributed by atoms with E-state index < -0.39 is 10.0 Å². The highest BCUT2D eigenvalue weighted by Gasteiger charge is 2.22. The number of hydrogen-bond donors (Lipinski definition) is 1. The molecule has 2 N–H and O–H groups in total. The maximum Gasteiger partial charge on any atom is 0.211 e. The number of nitrogens with zero attached hydrogens (tertiary/aromatic N) is 2. The molecule has 0 saturated carbocycles. The predicted octanol–water partition coefficient (Wildman–Crippen LogP) is 0.719. The highest BCUT2D eigenvalue weighted by molar-refractivity contribution is 7.88. The van der Waals surface area contributed by atoms with Crippen molar-refractivity contribution < 1.29 is 8.42 Å². The van der Waals surface area contributed by atoms with E-state index in [0.29, 0.717) is 13.1 Å². The third-order valence-corrected chi connectivity index (χ3v) is 5.34. The molecule has 0 aliphatic carbocycles. The largest absolute Gasteiger partial charge is 0.330 e. The molecule has 0 amide bonds. The molecule has 19 heavy (non-hydrogen) atoms. The van der Waals surface area contributed by atoms with Gasteiger partial charge in [-0.2, -0.15) is 4.31 Å². The number of nitrogens with two attached hydrogens (primary N) is 1. The summed E-state index contributed by atoms with van der Waals surface area (Å²) in [6.45, 7) is 7.09. The Labute approximate surface area is 118 Å². The van der Waals surface area contributed by atoms with Gasteiger partial charge in [0.05, 0.1) is 6.26 Å². The second kappa shape index (κ2) is 8.19. The zero-order valence-corrected chi connectivity index (χ0v) is 13.2. The van der Waals surface area contributed by atoms with Crippen molar-refractivity contribution in [3.63, 3.8) is 0 Å². The third kappa shape index (κ3) is 6.21.